The lowest BCUT2D eigenvalue weighted by Crippen LogP contribution is -2.33. The molecule has 1 heterocycles. The molecule has 0 aromatic heterocycles. The van der Waals surface area contributed by atoms with Gasteiger partial charge < -0.3 is 10.6 Å². The number of carbonyl (C=O) groups is 1. The van der Waals surface area contributed by atoms with E-state index in [0.29, 0.717) is 6.04 Å². The molecule has 0 spiro atoms. The Morgan fingerprint density at radius 2 is 2.12 bits per heavy atom. The molecule has 2 N–H and O–H groups in total. The van der Waals surface area contributed by atoms with E-state index in [1.165, 1.54) is 18.4 Å². The Morgan fingerprint density at radius 1 is 1.29 bits per heavy atom. The second kappa shape index (κ2) is 4.40. The minimum absolute atomic E-state index is 0.109. The normalized spacial score (nSPS) is 18.8. The molecule has 2 aliphatic rings. The molecule has 0 bridgehead atoms. The van der Waals surface area contributed by atoms with Crippen molar-refractivity contribution in [1.29, 1.82) is 0 Å². The summed E-state index contributed by atoms with van der Waals surface area (Å²) in [5.41, 5.74) is 3.17. The van der Waals surface area contributed by atoms with Gasteiger partial charge in [-0.3, -0.25) is 4.79 Å². The summed E-state index contributed by atoms with van der Waals surface area (Å²) >= 11 is 0. The SMILES string of the molecule is O=C(NC1CCCC1)c1cccc2c1CCN2. The Hall–Kier alpha value is -1.51. The summed E-state index contributed by atoms with van der Waals surface area (Å²) in [7, 11) is 0. The number of rotatable bonds is 2. The zero-order valence-electron chi connectivity index (χ0n) is 9.96. The van der Waals surface area contributed by atoms with Gasteiger partial charge in [0.25, 0.3) is 5.91 Å². The molecule has 0 atom stereocenters. The average molecular weight is 230 g/mol. The summed E-state index contributed by atoms with van der Waals surface area (Å²) in [4.78, 5) is 12.2. The second-order valence-corrected chi connectivity index (χ2v) is 4.96. The third kappa shape index (κ3) is 2.02. The van der Waals surface area contributed by atoms with Crippen molar-refractivity contribution in [1.82, 2.24) is 5.32 Å². The van der Waals surface area contributed by atoms with E-state index >= 15 is 0 Å². The number of nitrogens with one attached hydrogen (secondary N) is 2. The van der Waals surface area contributed by atoms with Crippen LogP contribution in [0.1, 0.15) is 41.6 Å². The van der Waals surface area contributed by atoms with E-state index in [-0.39, 0.29) is 5.91 Å². The molecule has 90 valence electrons. The van der Waals surface area contributed by atoms with Crippen LogP contribution in [0.5, 0.6) is 0 Å². The summed E-state index contributed by atoms with van der Waals surface area (Å²) in [6.45, 7) is 0.947. The molecule has 1 aromatic carbocycles. The van der Waals surface area contributed by atoms with Gasteiger partial charge in [0.15, 0.2) is 0 Å². The zero-order valence-corrected chi connectivity index (χ0v) is 9.96. The minimum atomic E-state index is 0.109. The van der Waals surface area contributed by atoms with Gasteiger partial charge in [-0.15, -0.1) is 0 Å². The van der Waals surface area contributed by atoms with Crippen LogP contribution in [-0.2, 0) is 6.42 Å². The minimum Gasteiger partial charge on any atom is -0.384 e. The van der Waals surface area contributed by atoms with E-state index in [1.807, 2.05) is 12.1 Å². The Kier molecular flexibility index (Phi) is 2.75. The first kappa shape index (κ1) is 10.6. The van der Waals surface area contributed by atoms with Gasteiger partial charge in [-0.2, -0.15) is 0 Å². The first-order valence-corrected chi connectivity index (χ1v) is 6.51. The topological polar surface area (TPSA) is 41.1 Å². The summed E-state index contributed by atoms with van der Waals surface area (Å²) in [6.07, 6.45) is 5.74. The van der Waals surface area contributed by atoms with Crippen molar-refractivity contribution in [2.24, 2.45) is 0 Å². The van der Waals surface area contributed by atoms with Crippen LogP contribution in [-0.4, -0.2) is 18.5 Å². The van der Waals surface area contributed by atoms with Gasteiger partial charge in [-0.25, -0.2) is 0 Å². The number of carbonyl (C=O) groups excluding carboxylic acids is 1. The van der Waals surface area contributed by atoms with Crippen molar-refractivity contribution < 1.29 is 4.79 Å². The number of hydrogen-bond donors (Lipinski definition) is 2. The largest absolute Gasteiger partial charge is 0.384 e. The third-order valence-electron chi connectivity index (χ3n) is 3.80. The van der Waals surface area contributed by atoms with Crippen LogP contribution >= 0.6 is 0 Å². The van der Waals surface area contributed by atoms with Crippen molar-refractivity contribution >= 4 is 11.6 Å². The molecule has 1 aliphatic heterocycles. The van der Waals surface area contributed by atoms with E-state index < -0.39 is 0 Å². The monoisotopic (exact) mass is 230 g/mol. The number of amides is 1. The first-order valence-electron chi connectivity index (χ1n) is 6.51. The zero-order chi connectivity index (χ0) is 11.7. The van der Waals surface area contributed by atoms with Crippen LogP contribution in [0, 0.1) is 0 Å². The summed E-state index contributed by atoms with van der Waals surface area (Å²) in [5.74, 6) is 0.109. The molecular weight excluding hydrogens is 212 g/mol. The van der Waals surface area contributed by atoms with Gasteiger partial charge in [0.2, 0.25) is 0 Å². The highest BCUT2D eigenvalue weighted by Crippen LogP contribution is 2.26. The Balaban J connectivity index is 1.79. The van der Waals surface area contributed by atoms with Crippen molar-refractivity contribution in [3.8, 4) is 0 Å². The molecule has 1 saturated carbocycles. The van der Waals surface area contributed by atoms with Crippen LogP contribution < -0.4 is 10.6 Å². The maximum absolute atomic E-state index is 12.2. The molecule has 0 saturated heterocycles. The highest BCUT2D eigenvalue weighted by atomic mass is 16.1. The number of anilines is 1. The molecule has 17 heavy (non-hydrogen) atoms. The summed E-state index contributed by atoms with van der Waals surface area (Å²) in [6, 6.07) is 6.35. The first-order chi connectivity index (χ1) is 8.34. The fourth-order valence-corrected chi connectivity index (χ4v) is 2.89. The van der Waals surface area contributed by atoms with Crippen LogP contribution in [0.3, 0.4) is 0 Å². The lowest BCUT2D eigenvalue weighted by molar-refractivity contribution is 0.0937. The van der Waals surface area contributed by atoms with Gasteiger partial charge in [0, 0.05) is 23.8 Å². The Bertz CT molecular complexity index is 436. The van der Waals surface area contributed by atoms with Crippen LogP contribution in [0.15, 0.2) is 18.2 Å². The Labute approximate surface area is 102 Å². The fourth-order valence-electron chi connectivity index (χ4n) is 2.89. The molecule has 1 amide bonds. The lowest BCUT2D eigenvalue weighted by Gasteiger charge is -2.13. The van der Waals surface area contributed by atoms with Gasteiger partial charge >= 0.3 is 0 Å². The van der Waals surface area contributed by atoms with Crippen molar-refractivity contribution in [2.75, 3.05) is 11.9 Å². The molecule has 3 heteroatoms. The summed E-state index contributed by atoms with van der Waals surface area (Å²) < 4.78 is 0. The number of fused-ring (bicyclic) bond motifs is 1. The van der Waals surface area contributed by atoms with E-state index in [9.17, 15) is 4.79 Å². The lowest BCUT2D eigenvalue weighted by atomic mass is 10.0. The van der Waals surface area contributed by atoms with Crippen molar-refractivity contribution in [3.63, 3.8) is 0 Å². The quantitative estimate of drug-likeness (QED) is 0.818. The predicted octanol–water partition coefficient (Wildman–Crippen LogP) is 2.33. The van der Waals surface area contributed by atoms with Gasteiger partial charge in [0.05, 0.1) is 0 Å². The highest BCUT2D eigenvalue weighted by Gasteiger charge is 2.22. The van der Waals surface area contributed by atoms with Crippen molar-refractivity contribution in [2.45, 2.75) is 38.1 Å². The van der Waals surface area contributed by atoms with Gasteiger partial charge in [-0.05, 0) is 37.0 Å². The van der Waals surface area contributed by atoms with Crippen molar-refractivity contribution in [3.05, 3.63) is 29.3 Å². The molecule has 3 nitrogen and oxygen atoms in total. The molecule has 1 aliphatic carbocycles. The third-order valence-corrected chi connectivity index (χ3v) is 3.80. The van der Waals surface area contributed by atoms with Crippen LogP contribution in [0.4, 0.5) is 5.69 Å². The van der Waals surface area contributed by atoms with Crippen LogP contribution in [0.2, 0.25) is 0 Å². The standard InChI is InChI=1S/C14H18N2O/c17-14(16-10-4-1-2-5-10)12-6-3-7-13-11(12)8-9-15-13/h3,6-7,10,15H,1-2,4-5,8-9H2,(H,16,17). The van der Waals surface area contributed by atoms with Gasteiger partial charge in [-0.1, -0.05) is 18.9 Å². The fraction of sp³-hybridized carbons (Fsp3) is 0.500. The predicted molar refractivity (Wildman–Crippen MR) is 68.4 cm³/mol. The highest BCUT2D eigenvalue weighted by molar-refractivity contribution is 5.97. The molecule has 1 aromatic rings. The van der Waals surface area contributed by atoms with E-state index in [4.69, 9.17) is 0 Å². The molecule has 3 rings (SSSR count). The van der Waals surface area contributed by atoms with E-state index in [1.54, 1.807) is 0 Å². The van der Waals surface area contributed by atoms with E-state index in [0.717, 1.165) is 37.1 Å². The number of hydrogen-bond acceptors (Lipinski definition) is 2. The Morgan fingerprint density at radius 3 is 2.94 bits per heavy atom. The average Bonchev–Trinajstić information content (AvgIpc) is 2.97. The van der Waals surface area contributed by atoms with Crippen LogP contribution in [0.25, 0.3) is 0 Å². The van der Waals surface area contributed by atoms with Gasteiger partial charge in [0.1, 0.15) is 0 Å². The second-order valence-electron chi connectivity index (χ2n) is 4.96. The molecule has 0 unspecified atom stereocenters. The molecule has 1 fully saturated rings. The number of benzene rings is 1. The summed E-state index contributed by atoms with van der Waals surface area (Å²) in [5, 5.41) is 6.47. The maximum Gasteiger partial charge on any atom is 0.251 e. The molecule has 0 radical (unpaired) electrons. The molecular formula is C14H18N2O. The maximum atomic E-state index is 12.2. The van der Waals surface area contributed by atoms with E-state index in [2.05, 4.69) is 16.7 Å². The smallest absolute Gasteiger partial charge is 0.251 e.